The van der Waals surface area contributed by atoms with Crippen molar-refractivity contribution >= 4 is 96.8 Å². The highest BCUT2D eigenvalue weighted by molar-refractivity contribution is 6.63. The van der Waals surface area contributed by atoms with Gasteiger partial charge in [0.05, 0.1) is 0 Å². The van der Waals surface area contributed by atoms with Gasteiger partial charge in [-0.25, -0.2) is 0 Å². The monoisotopic (exact) mass is 2030 g/mol. The molecule has 0 fully saturated rings. The van der Waals surface area contributed by atoms with Gasteiger partial charge in [-0.1, -0.05) is 0 Å². The van der Waals surface area contributed by atoms with E-state index in [1.807, 2.05) is 130 Å². The normalized spacial score (nSPS) is 12.2. The van der Waals surface area contributed by atoms with Crippen molar-refractivity contribution in [2.45, 2.75) is 182 Å². The number of nitrogens with zero attached hydrogens (tertiary/aromatic N) is 5. The zero-order chi connectivity index (χ0) is 99.8. The van der Waals surface area contributed by atoms with Crippen LogP contribution in [0.25, 0.3) is 0 Å². The molecule has 44 nitrogen and oxygen atoms in total. The Morgan fingerprint density at radius 3 is 0.496 bits per heavy atom. The maximum atomic E-state index is 8.56. The lowest BCUT2D eigenvalue weighted by molar-refractivity contribution is 0.0689. The standard InChI is InChI=1S/C11H27NO3Si.C10H25NO3Si.C9H23NO3Si.C8H21NO3Si.C7H19NO3Si.C6H17NO3Si.2C5H15NO3Si.C4H13NO3Si.C3H11NO3Si.C2H9NO3Si/c1-6-13-16(14-7-2,15-8-3)11-9-10-12(4)5;1-6-12-15(13-7-2,14-8-3)10-9-11(4)5;1-4-11-14(12-5-2,13-6-3)9-7-8-10;1-4-10-13(8-7-9,11-5-2)12-6-3;1-8(2)6-7-12(9-3,10-4)11-5;1-8-11(9-2,10-3)6-4-5-7;1-7-10(8-2,9-3)5-4-6;1-6(2)4-3-5-10(7,8)9;1-5(2)3-4-9(6,7)8;4-2-1-3-8(5,6)7;3-1-2-7(4,5)6/h6-11H2,1-5H3;6-10H2,1-5H3;4-10H2,1-3H3;4-9H2,1-3H3;6-7H2,1-5H3;4-7H2,1-3H3;4-6H2,1-3H3;7-9H,3-5H2,1-2H3;6-8H,3-4H2,1-2H3;5-7H,1-4H2;4-6H,1-3H2. The number of nitrogens with two attached hydrogens (primary N) is 6. The van der Waals surface area contributed by atoms with E-state index in [-0.39, 0.29) is 30.7 Å². The van der Waals surface area contributed by atoms with Crippen molar-refractivity contribution < 1.29 is 150 Å². The van der Waals surface area contributed by atoms with Crippen molar-refractivity contribution in [3.8, 4) is 0 Å². The van der Waals surface area contributed by atoms with E-state index in [9.17, 15) is 0 Å². The van der Waals surface area contributed by atoms with Gasteiger partial charge in [-0.3, -0.25) is 0 Å². The van der Waals surface area contributed by atoms with Crippen molar-refractivity contribution in [3.63, 3.8) is 0 Å². The summed E-state index contributed by atoms with van der Waals surface area (Å²) in [6, 6.07) is 5.73. The van der Waals surface area contributed by atoms with Crippen molar-refractivity contribution in [1.82, 2.24) is 24.5 Å². The second kappa shape index (κ2) is 95.0. The summed E-state index contributed by atoms with van der Waals surface area (Å²) in [5.74, 6) is 0. The van der Waals surface area contributed by atoms with E-state index in [2.05, 4.69) is 28.8 Å². The van der Waals surface area contributed by atoms with Gasteiger partial charge in [0.1, 0.15) is 0 Å². The van der Waals surface area contributed by atoms with Gasteiger partial charge < -0.3 is 209 Å². The van der Waals surface area contributed by atoms with Gasteiger partial charge >= 0.3 is 96.8 Å². The minimum atomic E-state index is -3.78. The summed E-state index contributed by atoms with van der Waals surface area (Å²) in [6.45, 7) is 38.4. The molecule has 0 aliphatic carbocycles. The summed E-state index contributed by atoms with van der Waals surface area (Å²) < 4.78 is 115. The molecule has 0 rings (SSSR count). The van der Waals surface area contributed by atoms with Crippen LogP contribution < -0.4 is 34.4 Å². The largest absolute Gasteiger partial charge is 0.502 e. The van der Waals surface area contributed by atoms with Crippen LogP contribution >= 0.6 is 0 Å². The van der Waals surface area contributed by atoms with E-state index in [1.54, 1.807) is 83.0 Å². The van der Waals surface area contributed by atoms with Crippen LogP contribution in [0.4, 0.5) is 0 Å². The van der Waals surface area contributed by atoms with Crippen LogP contribution in [-0.4, -0.2) is 465 Å². The molecule has 125 heavy (non-hydrogen) atoms. The molecule has 0 aliphatic heterocycles. The van der Waals surface area contributed by atoms with E-state index in [0.29, 0.717) is 143 Å². The average Bonchev–Trinajstić information content (AvgIpc) is 0.880. The fourth-order valence-electron chi connectivity index (χ4n) is 9.54. The second-order valence-corrected chi connectivity index (χ2v) is 56.1. The lowest BCUT2D eigenvalue weighted by atomic mass is 10.5. The minimum absolute atomic E-state index is 0.0451. The van der Waals surface area contributed by atoms with Crippen LogP contribution in [0.5, 0.6) is 0 Å². The summed E-state index contributed by atoms with van der Waals surface area (Å²) in [6.07, 6.45) is 3.92. The Bertz CT molecular complexity index is 2030. The second-order valence-electron chi connectivity index (χ2n) is 27.7. The van der Waals surface area contributed by atoms with E-state index in [4.69, 9.17) is 185 Å². The third-order valence-corrected chi connectivity index (χ3v) is 40.1. The zero-order valence-electron chi connectivity index (χ0n) is 83.7. The molecular weight excluding hydrogens is 1830 g/mol. The maximum Gasteiger partial charge on any atom is 0.502 e. The first-order chi connectivity index (χ1) is 58.2. The summed E-state index contributed by atoms with van der Waals surface area (Å²) in [4.78, 5) is 111. The molecule has 0 heterocycles. The topological polar surface area (TPSA) is 609 Å². The van der Waals surface area contributed by atoms with E-state index in [1.165, 1.54) is 0 Å². The molecule has 0 aromatic rings. The van der Waals surface area contributed by atoms with Crippen LogP contribution in [-0.2, 0) is 92.9 Å². The number of hydrogen-bond donors (Lipinski definition) is 18. The van der Waals surface area contributed by atoms with Gasteiger partial charge in [-0.05, 0) is 238 Å². The molecule has 0 radical (unpaired) electrons. The van der Waals surface area contributed by atoms with Gasteiger partial charge in [-0.15, -0.1) is 0 Å². The van der Waals surface area contributed by atoms with Crippen LogP contribution in [0.2, 0.25) is 66.5 Å². The molecule has 0 saturated heterocycles. The molecule has 0 atom stereocenters. The molecule has 0 aliphatic rings. The first-order valence-electron chi connectivity index (χ1n) is 43.0. The number of rotatable bonds is 65. The fourth-order valence-corrected chi connectivity index (χ4v) is 27.3. The number of hydrogen-bond acceptors (Lipinski definition) is 44. The van der Waals surface area contributed by atoms with Crippen LogP contribution in [0.1, 0.15) is 115 Å². The quantitative estimate of drug-likeness (QED) is 0.0352. The highest BCUT2D eigenvalue weighted by Gasteiger charge is 2.44. The van der Waals surface area contributed by atoms with Gasteiger partial charge in [0.15, 0.2) is 0 Å². The predicted octanol–water partition coefficient (Wildman–Crippen LogP) is -0.148. The Balaban J connectivity index is -0.000000128. The van der Waals surface area contributed by atoms with Crippen LogP contribution in [0, 0.1) is 0 Å². The van der Waals surface area contributed by atoms with Crippen LogP contribution in [0.15, 0.2) is 0 Å². The van der Waals surface area contributed by atoms with E-state index >= 15 is 0 Å². The first-order valence-corrected chi connectivity index (χ1v) is 64.7. The van der Waals surface area contributed by atoms with Gasteiger partial charge in [-0.2, -0.15) is 0 Å². The summed E-state index contributed by atoms with van der Waals surface area (Å²) in [5, 5.41) is 0. The molecule has 24 N–H and O–H groups in total. The molecule has 0 amide bonds. The van der Waals surface area contributed by atoms with Gasteiger partial charge in [0.2, 0.25) is 0 Å². The summed E-state index contributed by atoms with van der Waals surface area (Å²) >= 11 is 0. The van der Waals surface area contributed by atoms with Crippen molar-refractivity contribution in [2.24, 2.45) is 34.4 Å². The first kappa shape index (κ1) is 149. The Hall–Kier alpha value is 0.626. The van der Waals surface area contributed by atoms with Crippen molar-refractivity contribution in [2.75, 3.05) is 286 Å². The summed E-state index contributed by atoms with van der Waals surface area (Å²) in [5.41, 5.74) is 31.6. The Kier molecular flexibility index (Phi) is 113. The molecule has 0 unspecified atom stereocenters. The SMILES string of the molecule is CCO[Si](CCCN(C)C)(OCC)OCC.CCO[Si](CCCN)(OCC)OCC.CCO[Si](CCN(C)C)(OCC)OCC.CCO[Si](CCN)(OCC)OCC.CN(C)CCC[Si](O)(O)O.CN(C)CC[Si](O)(O)O.CO[Si](CCCN)(OC)OC.CO[Si](CCN(C)C)(OC)OC.CO[Si](CCN)(OC)OC.NCCC[Si](O)(O)O.NCC[Si](O)(O)O. The minimum Gasteiger partial charge on any atom is -0.390 e. The highest BCUT2D eigenvalue weighted by atomic mass is 28.4. The lowest BCUT2D eigenvalue weighted by Crippen LogP contribution is -2.47. The molecule has 0 spiro atoms. The third kappa shape index (κ3) is 103. The molecular formula is C70H195N11O33Si11. The smallest absolute Gasteiger partial charge is 0.390 e. The molecule has 0 bridgehead atoms. The fraction of sp³-hybridized carbons (Fsp3) is 1.00. The summed E-state index contributed by atoms with van der Waals surface area (Å²) in [7, 11) is 2.49. The van der Waals surface area contributed by atoms with Crippen LogP contribution in [0.3, 0.4) is 0 Å². The molecule has 0 saturated carbocycles. The molecule has 55 heteroatoms. The third-order valence-electron chi connectivity index (χ3n) is 15.5. The van der Waals surface area contributed by atoms with Gasteiger partial charge in [0.25, 0.3) is 0 Å². The van der Waals surface area contributed by atoms with Gasteiger partial charge in [0, 0.05) is 229 Å². The Morgan fingerprint density at radius 1 is 0.176 bits per heavy atom. The maximum absolute atomic E-state index is 8.56. The average molecular weight is 2030 g/mol. The zero-order valence-corrected chi connectivity index (χ0v) is 94.7. The molecule has 0 aromatic heterocycles. The predicted molar refractivity (Wildman–Crippen MR) is 516 cm³/mol. The van der Waals surface area contributed by atoms with Crippen molar-refractivity contribution in [1.29, 1.82) is 0 Å². The highest BCUT2D eigenvalue weighted by Crippen LogP contribution is 2.22. The van der Waals surface area contributed by atoms with Crippen molar-refractivity contribution in [3.05, 3.63) is 0 Å². The Labute approximate surface area is 769 Å². The van der Waals surface area contributed by atoms with E-state index in [0.717, 1.165) is 75.7 Å². The van der Waals surface area contributed by atoms with E-state index < -0.39 is 96.8 Å². The molecule has 772 valence electrons. The lowest BCUT2D eigenvalue weighted by Gasteiger charge is -2.29. The Morgan fingerprint density at radius 2 is 0.328 bits per heavy atom. The molecule has 0 aromatic carbocycles.